The summed E-state index contributed by atoms with van der Waals surface area (Å²) < 4.78 is 0. The van der Waals surface area contributed by atoms with Crippen molar-refractivity contribution in [1.29, 1.82) is 0 Å². The molecule has 0 unspecified atom stereocenters. The van der Waals surface area contributed by atoms with Crippen LogP contribution in [-0.4, -0.2) is 38.0 Å². The number of rotatable bonds is 3. The second-order valence-electron chi connectivity index (χ2n) is 2.48. The topological polar surface area (TPSA) is 32.3 Å². The van der Waals surface area contributed by atoms with Crippen LogP contribution >= 0.6 is 0 Å². The van der Waals surface area contributed by atoms with Gasteiger partial charge in [-0.15, -0.1) is 0 Å². The second-order valence-corrected chi connectivity index (χ2v) is 2.48. The Morgan fingerprint density at radius 2 is 2.10 bits per heavy atom. The quantitative estimate of drug-likeness (QED) is 0.608. The minimum atomic E-state index is -0.0185. The molecule has 1 N–H and O–H groups in total. The predicted octanol–water partition coefficient (Wildman–Crippen LogP) is 0.0726. The van der Waals surface area contributed by atoms with E-state index in [0.29, 0.717) is 0 Å². The maximum Gasteiger partial charge on any atom is 0.239 e. The smallest absolute Gasteiger partial charge is 0.239 e. The van der Waals surface area contributed by atoms with Gasteiger partial charge in [0.1, 0.15) is 0 Å². The van der Waals surface area contributed by atoms with Gasteiger partial charge in [0.2, 0.25) is 5.91 Å². The van der Waals surface area contributed by atoms with Gasteiger partial charge in [0.15, 0.2) is 0 Å². The van der Waals surface area contributed by atoms with Gasteiger partial charge in [-0.05, 0) is 13.5 Å². The number of carbonyl (C=O) groups excluding carboxylic acids is 1. The van der Waals surface area contributed by atoms with Gasteiger partial charge in [-0.3, -0.25) is 4.79 Å². The van der Waals surface area contributed by atoms with E-state index < -0.39 is 0 Å². The predicted molar refractivity (Wildman–Crippen MR) is 41.8 cm³/mol. The van der Waals surface area contributed by atoms with Crippen LogP contribution in [0.15, 0.2) is 0 Å². The summed E-state index contributed by atoms with van der Waals surface area (Å²) in [4.78, 5) is 12.8. The van der Waals surface area contributed by atoms with Crippen LogP contribution < -0.4 is 5.32 Å². The van der Waals surface area contributed by atoms with Crippen molar-refractivity contribution in [3.8, 4) is 0 Å². The molecular formula is C7H16N2O. The van der Waals surface area contributed by atoms with E-state index in [1.807, 2.05) is 6.92 Å². The van der Waals surface area contributed by atoms with E-state index in [2.05, 4.69) is 5.32 Å². The van der Waals surface area contributed by atoms with Crippen molar-refractivity contribution in [3.05, 3.63) is 0 Å². The van der Waals surface area contributed by atoms with E-state index in [-0.39, 0.29) is 11.9 Å². The van der Waals surface area contributed by atoms with Crippen LogP contribution in [0.4, 0.5) is 0 Å². The fourth-order valence-corrected chi connectivity index (χ4v) is 0.814. The fourth-order valence-electron chi connectivity index (χ4n) is 0.814. The molecule has 0 bridgehead atoms. The zero-order valence-corrected chi connectivity index (χ0v) is 7.14. The van der Waals surface area contributed by atoms with Crippen LogP contribution in [0.1, 0.15) is 13.3 Å². The van der Waals surface area contributed by atoms with Crippen molar-refractivity contribution in [1.82, 2.24) is 10.2 Å². The Bertz CT molecular complexity index is 108. The molecule has 0 aromatic carbocycles. The van der Waals surface area contributed by atoms with Crippen molar-refractivity contribution >= 4 is 5.91 Å². The third-order valence-corrected chi connectivity index (χ3v) is 1.50. The maximum absolute atomic E-state index is 11.2. The number of nitrogens with zero attached hydrogens (tertiary/aromatic N) is 1. The monoisotopic (exact) mass is 144 g/mol. The third kappa shape index (κ3) is 2.35. The van der Waals surface area contributed by atoms with Crippen LogP contribution in [0.3, 0.4) is 0 Å². The second kappa shape index (κ2) is 4.28. The van der Waals surface area contributed by atoms with Gasteiger partial charge < -0.3 is 10.2 Å². The van der Waals surface area contributed by atoms with Gasteiger partial charge in [0, 0.05) is 14.1 Å². The summed E-state index contributed by atoms with van der Waals surface area (Å²) in [6, 6.07) is -0.0185. The number of carbonyl (C=O) groups is 1. The summed E-state index contributed by atoms with van der Waals surface area (Å²) in [6.07, 6.45) is 0.841. The van der Waals surface area contributed by atoms with Crippen LogP contribution in [0.25, 0.3) is 0 Å². The lowest BCUT2D eigenvalue weighted by Gasteiger charge is -2.17. The summed E-state index contributed by atoms with van der Waals surface area (Å²) in [6.45, 7) is 1.99. The van der Waals surface area contributed by atoms with Crippen LogP contribution in [0.5, 0.6) is 0 Å². The Morgan fingerprint density at radius 3 is 2.20 bits per heavy atom. The maximum atomic E-state index is 11.2. The highest BCUT2D eigenvalue weighted by atomic mass is 16.2. The Hall–Kier alpha value is -0.570. The van der Waals surface area contributed by atoms with Gasteiger partial charge in [-0.25, -0.2) is 0 Å². The lowest BCUT2D eigenvalue weighted by atomic mass is 10.2. The summed E-state index contributed by atoms with van der Waals surface area (Å²) >= 11 is 0. The van der Waals surface area contributed by atoms with Crippen molar-refractivity contribution in [2.24, 2.45) is 0 Å². The summed E-state index contributed by atoms with van der Waals surface area (Å²) in [5.41, 5.74) is 0. The molecule has 0 rings (SSSR count). The Morgan fingerprint density at radius 1 is 1.60 bits per heavy atom. The molecule has 1 atom stereocenters. The van der Waals surface area contributed by atoms with E-state index in [4.69, 9.17) is 0 Å². The van der Waals surface area contributed by atoms with Gasteiger partial charge in [0.25, 0.3) is 0 Å². The number of hydrogen-bond acceptors (Lipinski definition) is 2. The van der Waals surface area contributed by atoms with Crippen molar-refractivity contribution in [2.75, 3.05) is 21.1 Å². The van der Waals surface area contributed by atoms with Gasteiger partial charge in [0.05, 0.1) is 6.04 Å². The minimum absolute atomic E-state index is 0.0185. The molecule has 0 heterocycles. The Labute approximate surface area is 62.4 Å². The number of nitrogens with one attached hydrogen (secondary N) is 1. The number of hydrogen-bond donors (Lipinski definition) is 1. The summed E-state index contributed by atoms with van der Waals surface area (Å²) in [7, 11) is 5.33. The Balaban J connectivity index is 3.89. The molecule has 0 aromatic heterocycles. The molecule has 0 saturated heterocycles. The average Bonchev–Trinajstić information content (AvgIpc) is 1.90. The highest BCUT2D eigenvalue weighted by Gasteiger charge is 2.14. The highest BCUT2D eigenvalue weighted by molar-refractivity contribution is 5.81. The molecule has 0 aliphatic heterocycles. The molecule has 0 aliphatic rings. The zero-order chi connectivity index (χ0) is 8.15. The molecule has 0 aliphatic carbocycles. The molecule has 0 saturated carbocycles. The molecule has 0 spiro atoms. The molecule has 1 amide bonds. The third-order valence-electron chi connectivity index (χ3n) is 1.50. The standard InChI is InChI=1S/C7H16N2O/c1-5-6(8-2)7(10)9(3)4/h6,8H,5H2,1-4H3/t6-/m1/s1. The van der Waals surface area contributed by atoms with E-state index in [1.165, 1.54) is 0 Å². The van der Waals surface area contributed by atoms with Crippen molar-refractivity contribution < 1.29 is 4.79 Å². The largest absolute Gasteiger partial charge is 0.347 e. The van der Waals surface area contributed by atoms with Crippen molar-refractivity contribution in [2.45, 2.75) is 19.4 Å². The lowest BCUT2D eigenvalue weighted by Crippen LogP contribution is -2.41. The molecule has 3 heteroatoms. The van der Waals surface area contributed by atoms with Gasteiger partial charge >= 0.3 is 0 Å². The first kappa shape index (κ1) is 9.43. The van der Waals surface area contributed by atoms with Gasteiger partial charge in [-0.2, -0.15) is 0 Å². The lowest BCUT2D eigenvalue weighted by molar-refractivity contribution is -0.130. The van der Waals surface area contributed by atoms with E-state index in [1.54, 1.807) is 26.0 Å². The first-order chi connectivity index (χ1) is 4.63. The normalized spacial score (nSPS) is 12.8. The molecule has 0 aromatic rings. The van der Waals surface area contributed by atoms with Crippen molar-refractivity contribution in [3.63, 3.8) is 0 Å². The SMILES string of the molecule is CC[C@@H](NC)C(=O)N(C)C. The highest BCUT2D eigenvalue weighted by Crippen LogP contribution is 1.93. The summed E-state index contributed by atoms with van der Waals surface area (Å²) in [5.74, 6) is 0.144. The first-order valence-electron chi connectivity index (χ1n) is 3.51. The molecular weight excluding hydrogens is 128 g/mol. The van der Waals surface area contributed by atoms with E-state index in [0.717, 1.165) is 6.42 Å². The molecule has 60 valence electrons. The van der Waals surface area contributed by atoms with Gasteiger partial charge in [-0.1, -0.05) is 6.92 Å². The van der Waals surface area contributed by atoms with Crippen LogP contribution in [-0.2, 0) is 4.79 Å². The van der Waals surface area contributed by atoms with E-state index >= 15 is 0 Å². The van der Waals surface area contributed by atoms with Crippen LogP contribution in [0.2, 0.25) is 0 Å². The van der Waals surface area contributed by atoms with Crippen LogP contribution in [0, 0.1) is 0 Å². The fraction of sp³-hybridized carbons (Fsp3) is 0.857. The molecule has 3 nitrogen and oxygen atoms in total. The minimum Gasteiger partial charge on any atom is -0.347 e. The molecule has 10 heavy (non-hydrogen) atoms. The Kier molecular flexibility index (Phi) is 4.03. The average molecular weight is 144 g/mol. The molecule has 0 fully saturated rings. The first-order valence-corrected chi connectivity index (χ1v) is 3.51. The number of amides is 1. The zero-order valence-electron chi connectivity index (χ0n) is 7.14. The number of likely N-dealkylation sites (N-methyl/N-ethyl adjacent to an activating group) is 2. The summed E-state index contributed by atoms with van der Waals surface area (Å²) in [5, 5.41) is 2.94. The molecule has 0 radical (unpaired) electrons. The van der Waals surface area contributed by atoms with E-state index in [9.17, 15) is 4.79 Å².